The Hall–Kier alpha value is -2.02. The summed E-state index contributed by atoms with van der Waals surface area (Å²) in [6.45, 7) is 5.67. The largest absolute Gasteiger partial charge is 0.398 e. The van der Waals surface area contributed by atoms with Crippen molar-refractivity contribution in [3.05, 3.63) is 70.8 Å². The summed E-state index contributed by atoms with van der Waals surface area (Å²) in [5.41, 5.74) is -2.35. The van der Waals surface area contributed by atoms with Gasteiger partial charge in [0.2, 0.25) is 0 Å². The summed E-state index contributed by atoms with van der Waals surface area (Å²) >= 11 is 0. The van der Waals surface area contributed by atoms with Gasteiger partial charge in [-0.05, 0) is 80.2 Å². The molecule has 0 bridgehead atoms. The molecule has 2 aromatic rings. The van der Waals surface area contributed by atoms with E-state index in [0.29, 0.717) is 12.0 Å². The van der Waals surface area contributed by atoms with E-state index in [0.717, 1.165) is 25.9 Å². The Morgan fingerprint density at radius 3 is 1.69 bits per heavy atom. The van der Waals surface area contributed by atoms with Gasteiger partial charge < -0.3 is 4.90 Å². The summed E-state index contributed by atoms with van der Waals surface area (Å²) in [4.78, 5) is 2.31. The fourth-order valence-electron chi connectivity index (χ4n) is 5.89. The number of alkyl halides is 6. The molecule has 1 nitrogen and oxygen atoms in total. The molecule has 0 spiro atoms. The number of hydrogen-bond donors (Lipinski definition) is 0. The zero-order chi connectivity index (χ0) is 26.2. The summed E-state index contributed by atoms with van der Waals surface area (Å²) in [6.07, 6.45) is -6.76. The first-order chi connectivity index (χ1) is 17.0. The van der Waals surface area contributed by atoms with Crippen molar-refractivity contribution >= 4 is 0 Å². The standard InChI is InChI=1S/C29H35F6N/c1-3-22(36(4-2)20-15-21-9-6-5-7-10-21)13-14-23-24(26(16-17-26)28(30,31)32)11-8-12-25(23)27(18-19-27)29(33,34)35/h5-12,22H,3-4,13-20H2,1-2H3. The van der Waals surface area contributed by atoms with E-state index in [1.807, 2.05) is 25.1 Å². The molecule has 0 heterocycles. The molecule has 2 aromatic carbocycles. The molecule has 0 N–H and O–H groups in total. The monoisotopic (exact) mass is 511 g/mol. The highest BCUT2D eigenvalue weighted by molar-refractivity contribution is 5.50. The molecule has 36 heavy (non-hydrogen) atoms. The Labute approximate surface area is 209 Å². The van der Waals surface area contributed by atoms with Crippen LogP contribution in [-0.2, 0) is 23.7 Å². The molecule has 2 aliphatic carbocycles. The topological polar surface area (TPSA) is 3.24 Å². The molecule has 2 fully saturated rings. The van der Waals surface area contributed by atoms with Gasteiger partial charge in [0.1, 0.15) is 0 Å². The molecule has 1 atom stereocenters. The lowest BCUT2D eigenvalue weighted by atomic mass is 9.80. The van der Waals surface area contributed by atoms with Crippen LogP contribution in [0.15, 0.2) is 48.5 Å². The smallest absolute Gasteiger partial charge is 0.300 e. The van der Waals surface area contributed by atoms with Crippen LogP contribution >= 0.6 is 0 Å². The van der Waals surface area contributed by atoms with E-state index in [9.17, 15) is 26.3 Å². The summed E-state index contributed by atoms with van der Waals surface area (Å²) < 4.78 is 84.7. The molecule has 0 aliphatic heterocycles. The molecule has 0 aromatic heterocycles. The summed E-state index contributed by atoms with van der Waals surface area (Å²) in [7, 11) is 0. The van der Waals surface area contributed by atoms with Crippen molar-refractivity contribution in [1.29, 1.82) is 0 Å². The van der Waals surface area contributed by atoms with E-state index in [4.69, 9.17) is 0 Å². The van der Waals surface area contributed by atoms with Crippen LogP contribution < -0.4 is 0 Å². The number of rotatable bonds is 11. The van der Waals surface area contributed by atoms with Crippen LogP contribution in [0.3, 0.4) is 0 Å². The van der Waals surface area contributed by atoms with E-state index < -0.39 is 23.2 Å². The molecule has 2 aliphatic rings. The third kappa shape index (κ3) is 5.05. The minimum absolute atomic E-state index is 0.0542. The van der Waals surface area contributed by atoms with Crippen molar-refractivity contribution in [2.24, 2.45) is 0 Å². The highest BCUT2D eigenvalue weighted by Gasteiger charge is 2.67. The van der Waals surface area contributed by atoms with Gasteiger partial charge in [0, 0.05) is 12.6 Å². The Balaban J connectivity index is 1.62. The van der Waals surface area contributed by atoms with Crippen molar-refractivity contribution in [3.8, 4) is 0 Å². The minimum atomic E-state index is -4.47. The number of benzene rings is 2. The van der Waals surface area contributed by atoms with Crippen LogP contribution in [0.5, 0.6) is 0 Å². The quantitative estimate of drug-likeness (QED) is 0.275. The second-order valence-electron chi connectivity index (χ2n) is 10.5. The zero-order valence-corrected chi connectivity index (χ0v) is 21.0. The van der Waals surface area contributed by atoms with Crippen molar-refractivity contribution in [3.63, 3.8) is 0 Å². The van der Waals surface area contributed by atoms with Gasteiger partial charge in [-0.2, -0.15) is 26.3 Å². The number of halogens is 6. The first-order valence-electron chi connectivity index (χ1n) is 13.0. The highest BCUT2D eigenvalue weighted by Crippen LogP contribution is 2.64. The average molecular weight is 512 g/mol. The number of hydrogen-bond acceptors (Lipinski definition) is 1. The van der Waals surface area contributed by atoms with E-state index in [-0.39, 0.29) is 49.3 Å². The highest BCUT2D eigenvalue weighted by atomic mass is 19.4. The van der Waals surface area contributed by atoms with Gasteiger partial charge in [0.15, 0.2) is 0 Å². The Morgan fingerprint density at radius 2 is 1.28 bits per heavy atom. The van der Waals surface area contributed by atoms with E-state index >= 15 is 0 Å². The lowest BCUT2D eigenvalue weighted by Gasteiger charge is -2.32. The predicted octanol–water partition coefficient (Wildman–Crippen LogP) is 8.15. The minimum Gasteiger partial charge on any atom is -0.300 e. The van der Waals surface area contributed by atoms with E-state index in [1.54, 1.807) is 0 Å². The maximum atomic E-state index is 14.1. The van der Waals surface area contributed by atoms with Crippen molar-refractivity contribution in [2.75, 3.05) is 13.1 Å². The molecule has 4 rings (SSSR count). The zero-order valence-electron chi connectivity index (χ0n) is 21.0. The number of nitrogens with zero attached hydrogens (tertiary/aromatic N) is 1. The second kappa shape index (κ2) is 10.0. The molecule has 7 heteroatoms. The number of likely N-dealkylation sites (N-methyl/N-ethyl adjacent to an activating group) is 1. The van der Waals surface area contributed by atoms with Gasteiger partial charge in [-0.3, -0.25) is 0 Å². The van der Waals surface area contributed by atoms with Gasteiger partial charge in [0.25, 0.3) is 0 Å². The van der Waals surface area contributed by atoms with Crippen LogP contribution in [0.25, 0.3) is 0 Å². The van der Waals surface area contributed by atoms with Gasteiger partial charge in [-0.15, -0.1) is 0 Å². The van der Waals surface area contributed by atoms with E-state index in [2.05, 4.69) is 24.0 Å². The first kappa shape index (κ1) is 27.0. The maximum Gasteiger partial charge on any atom is 0.398 e. The molecular formula is C29H35F6N. The van der Waals surface area contributed by atoms with Crippen LogP contribution in [0.4, 0.5) is 26.3 Å². The second-order valence-corrected chi connectivity index (χ2v) is 10.5. The molecule has 1 unspecified atom stereocenters. The van der Waals surface area contributed by atoms with Gasteiger partial charge >= 0.3 is 12.4 Å². The fraction of sp³-hybridized carbons (Fsp3) is 0.586. The average Bonchev–Trinajstić information content (AvgIpc) is 3.74. The van der Waals surface area contributed by atoms with Crippen molar-refractivity contribution in [1.82, 2.24) is 4.90 Å². The van der Waals surface area contributed by atoms with Gasteiger partial charge in [0.05, 0.1) is 10.8 Å². The van der Waals surface area contributed by atoms with E-state index in [1.165, 1.54) is 23.8 Å². The van der Waals surface area contributed by atoms with Crippen molar-refractivity contribution < 1.29 is 26.3 Å². The van der Waals surface area contributed by atoms with Crippen LogP contribution in [-0.4, -0.2) is 36.4 Å². The predicted molar refractivity (Wildman–Crippen MR) is 130 cm³/mol. The lowest BCUT2D eigenvalue weighted by molar-refractivity contribution is -0.161. The lowest BCUT2D eigenvalue weighted by Crippen LogP contribution is -2.37. The van der Waals surface area contributed by atoms with Crippen molar-refractivity contribution in [2.45, 2.75) is 94.4 Å². The molecule has 0 radical (unpaired) electrons. The normalized spacial score (nSPS) is 19.4. The third-order valence-corrected chi connectivity index (χ3v) is 8.44. The Morgan fingerprint density at radius 1 is 0.750 bits per heavy atom. The van der Waals surface area contributed by atoms with Gasteiger partial charge in [-0.1, -0.05) is 62.4 Å². The molecule has 0 saturated heterocycles. The molecule has 2 saturated carbocycles. The van der Waals surface area contributed by atoms with Gasteiger partial charge in [-0.25, -0.2) is 0 Å². The first-order valence-corrected chi connectivity index (χ1v) is 13.0. The Bertz CT molecular complexity index is 970. The maximum absolute atomic E-state index is 14.1. The Kier molecular flexibility index (Phi) is 7.53. The molecule has 0 amide bonds. The van der Waals surface area contributed by atoms with Crippen LogP contribution in [0.1, 0.15) is 74.6 Å². The summed E-state index contributed by atoms with van der Waals surface area (Å²) in [5.74, 6) is 0. The third-order valence-electron chi connectivity index (χ3n) is 8.44. The molecular weight excluding hydrogens is 476 g/mol. The SMILES string of the molecule is CCC(CCc1c(C2(C(F)(F)F)CC2)cccc1C1(C(F)(F)F)CC1)N(CC)CCc1ccccc1. The summed E-state index contributed by atoms with van der Waals surface area (Å²) in [6, 6.07) is 14.4. The fourth-order valence-corrected chi connectivity index (χ4v) is 5.89. The van der Waals surface area contributed by atoms with Crippen LogP contribution in [0.2, 0.25) is 0 Å². The van der Waals surface area contributed by atoms with Crippen LogP contribution in [0, 0.1) is 0 Å². The molecule has 198 valence electrons. The summed E-state index contributed by atoms with van der Waals surface area (Å²) in [5, 5.41) is 0.